The van der Waals surface area contributed by atoms with E-state index in [2.05, 4.69) is 0 Å². The van der Waals surface area contributed by atoms with Crippen molar-refractivity contribution < 1.29 is 23.5 Å². The normalized spacial score (nSPS) is 30.4. The third-order valence-electron chi connectivity index (χ3n) is 4.05. The van der Waals surface area contributed by atoms with Crippen LogP contribution in [0.3, 0.4) is 0 Å². The quantitative estimate of drug-likeness (QED) is 0.870. The first-order valence-corrected chi connectivity index (χ1v) is 7.95. The second-order valence-corrected chi connectivity index (χ2v) is 6.64. The fraction of sp³-hybridized carbons (Fsp3) is 0.846. The summed E-state index contributed by atoms with van der Waals surface area (Å²) in [5.74, 6) is -4.02. The molecule has 0 aromatic carbocycles. The third-order valence-corrected chi connectivity index (χ3v) is 5.50. The van der Waals surface area contributed by atoms with Crippen molar-refractivity contribution in [2.75, 3.05) is 5.75 Å². The van der Waals surface area contributed by atoms with Gasteiger partial charge in [0.25, 0.3) is 0 Å². The number of carboxylic acids is 1. The molecule has 0 spiro atoms. The summed E-state index contributed by atoms with van der Waals surface area (Å²) in [4.78, 5) is 25.2. The van der Waals surface area contributed by atoms with Crippen LogP contribution >= 0.6 is 11.8 Å². The number of nitrogens with zero attached hydrogens (tertiary/aromatic N) is 1. The molecule has 2 fully saturated rings. The molecule has 0 radical (unpaired) electrons. The van der Waals surface area contributed by atoms with Gasteiger partial charge in [-0.1, -0.05) is 6.92 Å². The molecule has 20 heavy (non-hydrogen) atoms. The molecule has 1 amide bonds. The molecule has 0 bridgehead atoms. The Bertz CT molecular complexity index is 395. The first-order valence-electron chi connectivity index (χ1n) is 6.90. The van der Waals surface area contributed by atoms with E-state index in [0.29, 0.717) is 12.2 Å². The lowest BCUT2D eigenvalue weighted by atomic mass is 9.85. The highest BCUT2D eigenvalue weighted by atomic mass is 32.2. The second-order valence-electron chi connectivity index (χ2n) is 5.43. The van der Waals surface area contributed by atoms with Gasteiger partial charge < -0.3 is 10.0 Å². The molecule has 2 unspecified atom stereocenters. The van der Waals surface area contributed by atoms with Gasteiger partial charge in [-0.15, -0.1) is 11.8 Å². The minimum absolute atomic E-state index is 0.147. The Kier molecular flexibility index (Phi) is 4.56. The number of thioether (sulfide) groups is 1. The molecule has 1 aliphatic carbocycles. The van der Waals surface area contributed by atoms with Gasteiger partial charge in [0.2, 0.25) is 11.8 Å². The van der Waals surface area contributed by atoms with Crippen LogP contribution < -0.4 is 0 Å². The molecule has 1 saturated carbocycles. The van der Waals surface area contributed by atoms with E-state index in [9.17, 15) is 23.5 Å². The number of hydrogen-bond acceptors (Lipinski definition) is 3. The number of halogens is 2. The van der Waals surface area contributed by atoms with Crippen LogP contribution in [0.25, 0.3) is 0 Å². The lowest BCUT2D eigenvalue weighted by Crippen LogP contribution is -2.49. The molecule has 0 aromatic rings. The summed E-state index contributed by atoms with van der Waals surface area (Å²) >= 11 is 1.46. The number of rotatable bonds is 3. The summed E-state index contributed by atoms with van der Waals surface area (Å²) in [6.45, 7) is 1.90. The summed E-state index contributed by atoms with van der Waals surface area (Å²) in [5, 5.41) is 9.05. The second kappa shape index (κ2) is 5.87. The zero-order valence-electron chi connectivity index (χ0n) is 11.3. The standard InChI is InChI=1S/C13H19F2NO3S/c1-2-10-16(9(7-20-10)12(18)19)11(17)8-3-5-13(14,15)6-4-8/h8-10H,2-7H2,1H3,(H,18,19). The maximum Gasteiger partial charge on any atom is 0.327 e. The number of carboxylic acid groups (broad SMARTS) is 1. The topological polar surface area (TPSA) is 57.6 Å². The summed E-state index contributed by atoms with van der Waals surface area (Å²) < 4.78 is 26.3. The van der Waals surface area contributed by atoms with Crippen molar-refractivity contribution in [1.29, 1.82) is 0 Å². The van der Waals surface area contributed by atoms with Gasteiger partial charge in [0.05, 0.1) is 5.37 Å². The molecule has 1 saturated heterocycles. The molecule has 1 aliphatic heterocycles. The van der Waals surface area contributed by atoms with Crippen LogP contribution in [0.4, 0.5) is 8.78 Å². The highest BCUT2D eigenvalue weighted by Crippen LogP contribution is 2.39. The molecular weight excluding hydrogens is 288 g/mol. The van der Waals surface area contributed by atoms with Crippen molar-refractivity contribution in [1.82, 2.24) is 4.90 Å². The Balaban J connectivity index is 2.08. The van der Waals surface area contributed by atoms with E-state index in [0.717, 1.165) is 0 Å². The van der Waals surface area contributed by atoms with Crippen LogP contribution in [0.15, 0.2) is 0 Å². The van der Waals surface area contributed by atoms with Crippen molar-refractivity contribution >= 4 is 23.6 Å². The third kappa shape index (κ3) is 3.07. The predicted molar refractivity (Wildman–Crippen MR) is 71.7 cm³/mol. The maximum absolute atomic E-state index is 13.1. The summed E-state index contributed by atoms with van der Waals surface area (Å²) in [6, 6.07) is -0.820. The van der Waals surface area contributed by atoms with E-state index in [1.165, 1.54) is 16.7 Å². The van der Waals surface area contributed by atoms with Crippen molar-refractivity contribution in [2.24, 2.45) is 5.92 Å². The van der Waals surface area contributed by atoms with Crippen molar-refractivity contribution in [3.8, 4) is 0 Å². The molecule has 114 valence electrons. The number of alkyl halides is 2. The maximum atomic E-state index is 13.1. The Morgan fingerprint density at radius 1 is 1.35 bits per heavy atom. The van der Waals surface area contributed by atoms with E-state index in [1.807, 2.05) is 6.92 Å². The Hall–Kier alpha value is -0.850. The summed E-state index contributed by atoms with van der Waals surface area (Å²) in [6.07, 6.45) is 0.409. The average molecular weight is 307 g/mol. The monoisotopic (exact) mass is 307 g/mol. The van der Waals surface area contributed by atoms with Crippen molar-refractivity contribution in [3.63, 3.8) is 0 Å². The molecule has 2 rings (SSSR count). The van der Waals surface area contributed by atoms with E-state index in [4.69, 9.17) is 0 Å². The van der Waals surface area contributed by atoms with E-state index < -0.39 is 23.9 Å². The molecule has 0 aromatic heterocycles. The number of carbonyl (C=O) groups is 2. The van der Waals surface area contributed by atoms with Gasteiger partial charge in [0.1, 0.15) is 6.04 Å². The smallest absolute Gasteiger partial charge is 0.327 e. The minimum atomic E-state index is -2.67. The van der Waals surface area contributed by atoms with Crippen LogP contribution in [0.5, 0.6) is 0 Å². The lowest BCUT2D eigenvalue weighted by Gasteiger charge is -2.34. The van der Waals surface area contributed by atoms with E-state index in [1.54, 1.807) is 0 Å². The largest absolute Gasteiger partial charge is 0.480 e. The Morgan fingerprint density at radius 3 is 2.45 bits per heavy atom. The average Bonchev–Trinajstić information content (AvgIpc) is 2.81. The summed E-state index contributed by atoms with van der Waals surface area (Å²) in [5.41, 5.74) is 0. The SMILES string of the molecule is CCC1SCC(C(=O)O)N1C(=O)C1CCC(F)(F)CC1. The molecular formula is C13H19F2NO3S. The van der Waals surface area contributed by atoms with Gasteiger partial charge >= 0.3 is 5.97 Å². The van der Waals surface area contributed by atoms with Gasteiger partial charge in [-0.05, 0) is 19.3 Å². The zero-order chi connectivity index (χ0) is 14.9. The van der Waals surface area contributed by atoms with Crippen molar-refractivity contribution in [2.45, 2.75) is 56.4 Å². The summed E-state index contributed by atoms with van der Waals surface area (Å²) in [7, 11) is 0. The van der Waals surface area contributed by atoms with Crippen LogP contribution in [0, 0.1) is 5.92 Å². The number of amides is 1. The molecule has 2 aliphatic rings. The van der Waals surface area contributed by atoms with Crippen LogP contribution in [0.1, 0.15) is 39.0 Å². The molecule has 2 atom stereocenters. The van der Waals surface area contributed by atoms with Gasteiger partial charge in [-0.3, -0.25) is 4.79 Å². The lowest BCUT2D eigenvalue weighted by molar-refractivity contribution is -0.153. The number of carbonyl (C=O) groups excluding carboxylic acids is 1. The first kappa shape index (κ1) is 15.5. The molecule has 7 heteroatoms. The fourth-order valence-electron chi connectivity index (χ4n) is 2.86. The van der Waals surface area contributed by atoms with E-state index >= 15 is 0 Å². The Labute approximate surface area is 120 Å². The van der Waals surface area contributed by atoms with Crippen molar-refractivity contribution in [3.05, 3.63) is 0 Å². The van der Waals surface area contributed by atoms with Gasteiger partial charge in [-0.2, -0.15) is 0 Å². The Morgan fingerprint density at radius 2 is 1.95 bits per heavy atom. The highest BCUT2D eigenvalue weighted by molar-refractivity contribution is 8.00. The number of aliphatic carboxylic acids is 1. The fourth-order valence-corrected chi connectivity index (χ4v) is 4.22. The van der Waals surface area contributed by atoms with Crippen LogP contribution in [0.2, 0.25) is 0 Å². The number of hydrogen-bond donors (Lipinski definition) is 1. The van der Waals surface area contributed by atoms with Gasteiger partial charge in [-0.25, -0.2) is 13.6 Å². The van der Waals surface area contributed by atoms with Crippen LogP contribution in [-0.2, 0) is 9.59 Å². The minimum Gasteiger partial charge on any atom is -0.480 e. The highest BCUT2D eigenvalue weighted by Gasteiger charge is 2.45. The van der Waals surface area contributed by atoms with Gasteiger partial charge in [0, 0.05) is 24.5 Å². The zero-order valence-corrected chi connectivity index (χ0v) is 12.2. The predicted octanol–water partition coefficient (Wildman–Crippen LogP) is 2.58. The van der Waals surface area contributed by atoms with Crippen LogP contribution in [-0.4, -0.2) is 45.0 Å². The van der Waals surface area contributed by atoms with Gasteiger partial charge in [0.15, 0.2) is 0 Å². The molecule has 1 heterocycles. The van der Waals surface area contributed by atoms with E-state index in [-0.39, 0.29) is 37.0 Å². The molecule has 1 N–H and O–H groups in total. The molecule has 4 nitrogen and oxygen atoms in total. The first-order chi connectivity index (χ1) is 9.35.